The molecule has 0 amide bonds. The largest absolute Gasteiger partial charge is 0.310 e. The highest BCUT2D eigenvalue weighted by atomic mass is 32.1. The molecule has 0 aliphatic heterocycles. The van der Waals surface area contributed by atoms with Crippen molar-refractivity contribution in [3.05, 3.63) is 152 Å². The summed E-state index contributed by atoms with van der Waals surface area (Å²) < 4.78 is 5.27. The normalized spacial score (nSPS) is 12.0. The molecule has 0 atom stereocenters. The van der Waals surface area contributed by atoms with E-state index in [1.54, 1.807) is 0 Å². The predicted molar refractivity (Wildman–Crippen MR) is 199 cm³/mol. The first-order valence-corrected chi connectivity index (χ1v) is 16.9. The van der Waals surface area contributed by atoms with Gasteiger partial charge in [0.1, 0.15) is 0 Å². The maximum Gasteiger partial charge on any atom is 0.0546 e. The number of fused-ring (bicyclic) bond motifs is 11. The van der Waals surface area contributed by atoms with E-state index in [0.29, 0.717) is 0 Å². The van der Waals surface area contributed by atoms with Crippen LogP contribution < -0.4 is 4.90 Å². The molecule has 0 saturated carbocycles. The molecule has 0 N–H and O–H groups in total. The van der Waals surface area contributed by atoms with Gasteiger partial charge in [-0.15, -0.1) is 22.7 Å². The molecule has 2 heterocycles. The molecule has 8 aromatic carbocycles. The van der Waals surface area contributed by atoms with Crippen molar-refractivity contribution in [1.82, 2.24) is 0 Å². The summed E-state index contributed by atoms with van der Waals surface area (Å²) in [6.45, 7) is 0. The molecule has 0 radical (unpaired) electrons. The third kappa shape index (κ3) is 3.78. The van der Waals surface area contributed by atoms with Gasteiger partial charge >= 0.3 is 0 Å². The van der Waals surface area contributed by atoms with Crippen LogP contribution in [0.5, 0.6) is 0 Å². The summed E-state index contributed by atoms with van der Waals surface area (Å²) in [5.41, 5.74) is 3.52. The number of hydrogen-bond acceptors (Lipinski definition) is 3. The van der Waals surface area contributed by atoms with Crippen LogP contribution in [0.2, 0.25) is 0 Å². The third-order valence-corrected chi connectivity index (χ3v) is 11.5. The van der Waals surface area contributed by atoms with Gasteiger partial charge in [-0.3, -0.25) is 0 Å². The van der Waals surface area contributed by atoms with Crippen molar-refractivity contribution in [2.45, 2.75) is 0 Å². The number of benzene rings is 8. The second kappa shape index (κ2) is 9.64. The van der Waals surface area contributed by atoms with Gasteiger partial charge in [-0.05, 0) is 75.5 Å². The first-order valence-electron chi connectivity index (χ1n) is 15.3. The third-order valence-electron chi connectivity index (χ3n) is 9.21. The van der Waals surface area contributed by atoms with E-state index in [1.807, 2.05) is 22.7 Å². The van der Waals surface area contributed by atoms with Gasteiger partial charge in [-0.25, -0.2) is 0 Å². The van der Waals surface area contributed by atoms with Gasteiger partial charge in [-0.1, -0.05) is 103 Å². The van der Waals surface area contributed by atoms with Gasteiger partial charge in [0, 0.05) is 57.1 Å². The van der Waals surface area contributed by atoms with E-state index < -0.39 is 0 Å². The number of thiophene rings is 2. The van der Waals surface area contributed by atoms with Crippen LogP contribution in [-0.2, 0) is 0 Å². The fraction of sp³-hybridized carbons (Fsp3) is 0. The van der Waals surface area contributed by atoms with Crippen LogP contribution >= 0.6 is 22.7 Å². The lowest BCUT2D eigenvalue weighted by molar-refractivity contribution is 1.32. The van der Waals surface area contributed by atoms with Crippen LogP contribution in [-0.4, -0.2) is 0 Å². The van der Waals surface area contributed by atoms with Gasteiger partial charge < -0.3 is 4.90 Å². The van der Waals surface area contributed by atoms with Crippen LogP contribution in [0.4, 0.5) is 17.1 Å². The zero-order valence-electron chi connectivity index (χ0n) is 24.2. The molecule has 0 aliphatic rings. The Labute approximate surface area is 267 Å². The molecule has 0 bridgehead atoms. The summed E-state index contributed by atoms with van der Waals surface area (Å²) in [4.78, 5) is 2.48. The van der Waals surface area contributed by atoms with Crippen LogP contribution in [0.3, 0.4) is 0 Å². The zero-order chi connectivity index (χ0) is 29.5. The van der Waals surface area contributed by atoms with E-state index >= 15 is 0 Å². The number of nitrogens with zero attached hydrogens (tertiary/aromatic N) is 1. The summed E-state index contributed by atoms with van der Waals surface area (Å²) >= 11 is 3.74. The Bertz CT molecular complexity index is 2780. The molecule has 3 heteroatoms. The van der Waals surface area contributed by atoms with E-state index in [9.17, 15) is 0 Å². The summed E-state index contributed by atoms with van der Waals surface area (Å²) in [5, 5.41) is 12.9. The summed E-state index contributed by atoms with van der Waals surface area (Å²) in [6.07, 6.45) is 0. The maximum atomic E-state index is 2.48. The quantitative estimate of drug-likeness (QED) is 0.181. The lowest BCUT2D eigenvalue weighted by Crippen LogP contribution is -2.10. The summed E-state index contributed by atoms with van der Waals surface area (Å²) in [6, 6.07) is 56.1. The van der Waals surface area contributed by atoms with Crippen LogP contribution in [0.15, 0.2) is 152 Å². The minimum absolute atomic E-state index is 1.16. The zero-order valence-corrected chi connectivity index (χ0v) is 25.8. The van der Waals surface area contributed by atoms with Crippen LogP contribution in [0, 0.1) is 0 Å². The average molecular weight is 608 g/mol. The molecule has 10 rings (SSSR count). The Kier molecular flexibility index (Phi) is 5.39. The van der Waals surface area contributed by atoms with Crippen LogP contribution in [0.25, 0.3) is 72.7 Å². The minimum Gasteiger partial charge on any atom is -0.310 e. The number of rotatable bonds is 3. The lowest BCUT2D eigenvalue weighted by atomic mass is 9.94. The number of anilines is 3. The van der Waals surface area contributed by atoms with Crippen molar-refractivity contribution in [3.8, 4) is 0 Å². The second-order valence-electron chi connectivity index (χ2n) is 11.7. The molecule has 2 aromatic heterocycles. The topological polar surface area (TPSA) is 3.24 Å². The van der Waals surface area contributed by atoms with E-state index in [-0.39, 0.29) is 0 Å². The molecule has 0 unspecified atom stereocenters. The highest BCUT2D eigenvalue weighted by molar-refractivity contribution is 7.26. The highest BCUT2D eigenvalue weighted by Gasteiger charge is 2.20. The van der Waals surface area contributed by atoms with E-state index in [4.69, 9.17) is 0 Å². The summed E-state index contributed by atoms with van der Waals surface area (Å²) in [7, 11) is 0. The fourth-order valence-electron chi connectivity index (χ4n) is 7.18. The molecule has 10 aromatic rings. The van der Waals surface area contributed by atoms with E-state index in [2.05, 4.69) is 157 Å². The van der Waals surface area contributed by atoms with Gasteiger partial charge in [0.25, 0.3) is 0 Å². The van der Waals surface area contributed by atoms with E-state index in [1.165, 1.54) is 84.0 Å². The average Bonchev–Trinajstić information content (AvgIpc) is 3.66. The Morgan fingerprint density at radius 3 is 1.71 bits per heavy atom. The first kappa shape index (κ1) is 25.1. The van der Waals surface area contributed by atoms with Gasteiger partial charge in [0.05, 0.1) is 5.69 Å². The molecule has 0 fully saturated rings. The monoisotopic (exact) mass is 607 g/mol. The van der Waals surface area contributed by atoms with Crippen LogP contribution in [0.1, 0.15) is 0 Å². The van der Waals surface area contributed by atoms with E-state index in [0.717, 1.165) is 5.69 Å². The Morgan fingerprint density at radius 2 is 0.889 bits per heavy atom. The van der Waals surface area contributed by atoms with Crippen molar-refractivity contribution >= 4 is 112 Å². The SMILES string of the molecule is c1ccc2c(c1)ccc1cc(N(c3ccc4c(c3)sc3ccccc34)c3ccc4sc5ccccc5c4c3)c3ccccc3c12. The lowest BCUT2D eigenvalue weighted by Gasteiger charge is -2.28. The van der Waals surface area contributed by atoms with Gasteiger partial charge in [0.15, 0.2) is 0 Å². The van der Waals surface area contributed by atoms with Gasteiger partial charge in [-0.2, -0.15) is 0 Å². The maximum absolute atomic E-state index is 2.48. The summed E-state index contributed by atoms with van der Waals surface area (Å²) in [5.74, 6) is 0. The predicted octanol–water partition coefficient (Wildman–Crippen LogP) is 13.4. The number of hydrogen-bond donors (Lipinski definition) is 0. The molecule has 0 spiro atoms. The Hall–Kier alpha value is -5.22. The molecule has 1 nitrogen and oxygen atoms in total. The standard InChI is InChI=1S/C42H25NS2/c1-2-10-30-26(9-1)17-18-27-23-37(31-11-3-4-14-35(31)42(27)30)43(28-20-22-40-36(24-28)33-13-6-8-16-39(33)44-40)29-19-21-34-32-12-5-7-15-38(32)45-41(34)25-29/h1-25H. The van der Waals surface area contributed by atoms with Crippen molar-refractivity contribution in [1.29, 1.82) is 0 Å². The Balaban J connectivity index is 1.30. The molecular formula is C42H25NS2. The highest BCUT2D eigenvalue weighted by Crippen LogP contribution is 2.47. The molecule has 0 aliphatic carbocycles. The second-order valence-corrected chi connectivity index (χ2v) is 13.9. The molecule has 45 heavy (non-hydrogen) atoms. The molecule has 210 valence electrons. The first-order chi connectivity index (χ1) is 22.3. The molecule has 0 saturated heterocycles. The Morgan fingerprint density at radius 1 is 0.333 bits per heavy atom. The van der Waals surface area contributed by atoms with Crippen molar-refractivity contribution in [2.24, 2.45) is 0 Å². The van der Waals surface area contributed by atoms with Crippen molar-refractivity contribution < 1.29 is 0 Å². The smallest absolute Gasteiger partial charge is 0.0546 e. The fourth-order valence-corrected chi connectivity index (χ4v) is 9.40. The molecular weight excluding hydrogens is 583 g/mol. The van der Waals surface area contributed by atoms with Crippen molar-refractivity contribution in [3.63, 3.8) is 0 Å². The minimum atomic E-state index is 1.16. The van der Waals surface area contributed by atoms with Crippen molar-refractivity contribution in [2.75, 3.05) is 4.90 Å². The van der Waals surface area contributed by atoms with Gasteiger partial charge in [0.2, 0.25) is 0 Å².